The molecule has 0 aromatic carbocycles. The van der Waals surface area contributed by atoms with E-state index in [1.54, 1.807) is 0 Å². The Balaban J connectivity index is 2.46. The van der Waals surface area contributed by atoms with Gasteiger partial charge in [-0.1, -0.05) is 0 Å². The van der Waals surface area contributed by atoms with E-state index in [4.69, 9.17) is 5.11 Å². The molecule has 0 atom stereocenters. The Bertz CT molecular complexity index is 336. The van der Waals surface area contributed by atoms with Crippen molar-refractivity contribution >= 4 is 10.0 Å². The molecule has 1 aliphatic heterocycles. The summed E-state index contributed by atoms with van der Waals surface area (Å²) in [5.74, 6) is -0.383. The van der Waals surface area contributed by atoms with Crippen molar-refractivity contribution in [1.82, 2.24) is 9.21 Å². The molecule has 1 fully saturated rings. The van der Waals surface area contributed by atoms with Crippen LogP contribution in [0.4, 0.5) is 13.2 Å². The first-order valence-electron chi connectivity index (χ1n) is 5.12. The average Bonchev–Trinajstić information content (AvgIpc) is 2.15. The smallest absolute Gasteiger partial charge is 0.395 e. The van der Waals surface area contributed by atoms with E-state index in [9.17, 15) is 21.6 Å². The summed E-state index contributed by atoms with van der Waals surface area (Å²) < 4.78 is 60.4. The largest absolute Gasteiger partial charge is 0.401 e. The predicted molar refractivity (Wildman–Crippen MR) is 54.9 cm³/mol. The zero-order chi connectivity index (χ0) is 13.1. The maximum atomic E-state index is 12.1. The van der Waals surface area contributed by atoms with Gasteiger partial charge in [-0.05, 0) is 0 Å². The molecule has 17 heavy (non-hydrogen) atoms. The SMILES string of the molecule is O=S(=O)(CCO)N1CCN(CC(F)(F)F)CC1. The molecule has 0 saturated carbocycles. The Kier molecular flexibility index (Phi) is 4.76. The Hall–Kier alpha value is -0.380. The number of hydrogen-bond donors (Lipinski definition) is 1. The molecule has 1 N–H and O–H groups in total. The van der Waals surface area contributed by atoms with Gasteiger partial charge in [0.2, 0.25) is 10.0 Å². The van der Waals surface area contributed by atoms with Gasteiger partial charge in [-0.25, -0.2) is 8.42 Å². The second-order valence-electron chi connectivity index (χ2n) is 3.83. The van der Waals surface area contributed by atoms with Gasteiger partial charge >= 0.3 is 6.18 Å². The predicted octanol–water partition coefficient (Wildman–Crippen LogP) is -0.512. The lowest BCUT2D eigenvalue weighted by Crippen LogP contribution is -2.51. The fourth-order valence-electron chi connectivity index (χ4n) is 1.66. The van der Waals surface area contributed by atoms with Crippen LogP contribution >= 0.6 is 0 Å². The molecule has 1 saturated heterocycles. The van der Waals surface area contributed by atoms with E-state index < -0.39 is 29.4 Å². The highest BCUT2D eigenvalue weighted by Gasteiger charge is 2.34. The van der Waals surface area contributed by atoms with Crippen LogP contribution in [-0.2, 0) is 10.0 Å². The van der Waals surface area contributed by atoms with Gasteiger partial charge in [-0.2, -0.15) is 17.5 Å². The normalized spacial score (nSPS) is 20.7. The van der Waals surface area contributed by atoms with Crippen LogP contribution in [-0.4, -0.2) is 74.0 Å². The minimum Gasteiger partial charge on any atom is -0.395 e. The standard InChI is InChI=1S/C8H15F3N2O3S/c9-8(10,11)7-12-1-3-13(4-2-12)17(15,16)6-5-14/h14H,1-7H2. The first kappa shape index (κ1) is 14.7. The van der Waals surface area contributed by atoms with E-state index in [2.05, 4.69) is 0 Å². The highest BCUT2D eigenvalue weighted by Crippen LogP contribution is 2.18. The number of aliphatic hydroxyl groups excluding tert-OH is 1. The quantitative estimate of drug-likeness (QED) is 0.751. The van der Waals surface area contributed by atoms with Crippen LogP contribution in [0.1, 0.15) is 0 Å². The highest BCUT2D eigenvalue weighted by molar-refractivity contribution is 7.89. The molecular formula is C8H15F3N2O3S. The molecule has 1 heterocycles. The monoisotopic (exact) mass is 276 g/mol. The number of rotatable bonds is 4. The van der Waals surface area contributed by atoms with Crippen LogP contribution in [0.5, 0.6) is 0 Å². The van der Waals surface area contributed by atoms with E-state index in [1.807, 2.05) is 0 Å². The number of alkyl halides is 3. The van der Waals surface area contributed by atoms with Crippen molar-refractivity contribution in [2.75, 3.05) is 45.1 Å². The number of piperazine rings is 1. The molecule has 1 aliphatic rings. The molecule has 9 heteroatoms. The maximum Gasteiger partial charge on any atom is 0.401 e. The molecule has 5 nitrogen and oxygen atoms in total. The minimum absolute atomic E-state index is 0.0401. The molecule has 102 valence electrons. The average molecular weight is 276 g/mol. The lowest BCUT2D eigenvalue weighted by atomic mass is 10.3. The Morgan fingerprint density at radius 3 is 2.06 bits per heavy atom. The van der Waals surface area contributed by atoms with E-state index in [0.29, 0.717) is 0 Å². The third-order valence-corrected chi connectivity index (χ3v) is 4.33. The molecule has 0 unspecified atom stereocenters. The lowest BCUT2D eigenvalue weighted by molar-refractivity contribution is -0.148. The Labute approximate surface area is 97.9 Å². The van der Waals surface area contributed by atoms with Crippen molar-refractivity contribution in [3.8, 4) is 0 Å². The van der Waals surface area contributed by atoms with Gasteiger partial charge in [-0.15, -0.1) is 0 Å². The topological polar surface area (TPSA) is 60.9 Å². The molecular weight excluding hydrogens is 261 g/mol. The zero-order valence-corrected chi connectivity index (χ0v) is 9.97. The number of halogens is 3. The molecule has 0 aromatic rings. The van der Waals surface area contributed by atoms with Gasteiger partial charge in [-0.3, -0.25) is 4.90 Å². The van der Waals surface area contributed by atoms with Gasteiger partial charge < -0.3 is 5.11 Å². The van der Waals surface area contributed by atoms with Crippen molar-refractivity contribution in [3.63, 3.8) is 0 Å². The summed E-state index contributed by atoms with van der Waals surface area (Å²) in [7, 11) is -3.53. The van der Waals surface area contributed by atoms with Crippen molar-refractivity contribution in [3.05, 3.63) is 0 Å². The van der Waals surface area contributed by atoms with Gasteiger partial charge in [0.1, 0.15) is 0 Å². The second kappa shape index (κ2) is 5.51. The first-order valence-corrected chi connectivity index (χ1v) is 6.73. The second-order valence-corrected chi connectivity index (χ2v) is 5.92. The number of aliphatic hydroxyl groups is 1. The van der Waals surface area contributed by atoms with Crippen LogP contribution in [0.25, 0.3) is 0 Å². The third-order valence-electron chi connectivity index (χ3n) is 2.48. The fourth-order valence-corrected chi connectivity index (χ4v) is 2.87. The summed E-state index contributed by atoms with van der Waals surface area (Å²) in [4.78, 5) is 1.17. The molecule has 0 aliphatic carbocycles. The lowest BCUT2D eigenvalue weighted by Gasteiger charge is -2.34. The molecule has 1 rings (SSSR count). The molecule has 0 aromatic heterocycles. The van der Waals surface area contributed by atoms with Crippen molar-refractivity contribution in [2.45, 2.75) is 6.18 Å². The van der Waals surface area contributed by atoms with Crippen LogP contribution in [0.3, 0.4) is 0 Å². The van der Waals surface area contributed by atoms with Gasteiger partial charge in [0.05, 0.1) is 18.9 Å². The van der Waals surface area contributed by atoms with Gasteiger partial charge in [0.25, 0.3) is 0 Å². The number of hydrogen-bond acceptors (Lipinski definition) is 4. The summed E-state index contributed by atoms with van der Waals surface area (Å²) >= 11 is 0. The van der Waals surface area contributed by atoms with E-state index in [1.165, 1.54) is 4.90 Å². The summed E-state index contributed by atoms with van der Waals surface area (Å²) in [6.07, 6.45) is -4.26. The molecule has 0 radical (unpaired) electrons. The van der Waals surface area contributed by atoms with E-state index in [-0.39, 0.29) is 31.9 Å². The Morgan fingerprint density at radius 2 is 1.65 bits per heavy atom. The molecule has 0 bridgehead atoms. The van der Waals surface area contributed by atoms with Crippen molar-refractivity contribution in [1.29, 1.82) is 0 Å². The summed E-state index contributed by atoms with van der Waals surface area (Å²) in [6, 6.07) is 0. The van der Waals surface area contributed by atoms with Crippen LogP contribution in [0, 0.1) is 0 Å². The van der Waals surface area contributed by atoms with Gasteiger partial charge in [0, 0.05) is 26.2 Å². The summed E-state index contributed by atoms with van der Waals surface area (Å²) in [5, 5.41) is 8.57. The maximum absolute atomic E-state index is 12.1. The third kappa shape index (κ3) is 4.78. The zero-order valence-electron chi connectivity index (χ0n) is 9.15. The van der Waals surface area contributed by atoms with Crippen molar-refractivity contribution in [2.24, 2.45) is 0 Å². The minimum atomic E-state index is -4.26. The van der Waals surface area contributed by atoms with Crippen LogP contribution in [0.2, 0.25) is 0 Å². The number of nitrogens with zero attached hydrogens (tertiary/aromatic N) is 2. The molecule has 0 amide bonds. The highest BCUT2D eigenvalue weighted by atomic mass is 32.2. The van der Waals surface area contributed by atoms with E-state index >= 15 is 0 Å². The first-order chi connectivity index (χ1) is 7.74. The fraction of sp³-hybridized carbons (Fsp3) is 1.00. The van der Waals surface area contributed by atoms with Crippen LogP contribution < -0.4 is 0 Å². The Morgan fingerprint density at radius 1 is 1.12 bits per heavy atom. The summed E-state index contributed by atoms with van der Waals surface area (Å²) in [6.45, 7) is -1.29. The van der Waals surface area contributed by atoms with Gasteiger partial charge in [0.15, 0.2) is 0 Å². The van der Waals surface area contributed by atoms with Crippen LogP contribution in [0.15, 0.2) is 0 Å². The number of sulfonamides is 1. The summed E-state index contributed by atoms with van der Waals surface area (Å²) in [5.41, 5.74) is 0. The molecule has 0 spiro atoms. The van der Waals surface area contributed by atoms with Crippen molar-refractivity contribution < 1.29 is 26.7 Å². The van der Waals surface area contributed by atoms with E-state index in [0.717, 1.165) is 4.31 Å².